The maximum Gasteiger partial charge on any atom is 0.319 e. The van der Waals surface area contributed by atoms with Crippen molar-refractivity contribution in [2.45, 2.75) is 47.0 Å². The lowest BCUT2D eigenvalue weighted by Gasteiger charge is -2.29. The van der Waals surface area contributed by atoms with Crippen LogP contribution in [-0.4, -0.2) is 43.1 Å². The van der Waals surface area contributed by atoms with Crippen LogP contribution in [0.3, 0.4) is 0 Å². The molecule has 11 heteroatoms. The topological polar surface area (TPSA) is 128 Å². The van der Waals surface area contributed by atoms with Crippen LogP contribution in [0.1, 0.15) is 69.9 Å². The van der Waals surface area contributed by atoms with Crippen molar-refractivity contribution < 1.29 is 42.9 Å². The number of benzene rings is 4. The predicted octanol–water partition coefficient (Wildman–Crippen LogP) is 7.94. The van der Waals surface area contributed by atoms with Crippen LogP contribution in [-0.2, 0) is 16.0 Å². The van der Waals surface area contributed by atoms with Gasteiger partial charge in [0.15, 0.2) is 0 Å². The lowest BCUT2D eigenvalue weighted by Crippen LogP contribution is -2.30. The third-order valence-corrected chi connectivity index (χ3v) is 9.03. The standard InChI is InChI=1S/C40H34F2N2O7/c1-21-29(20-34(46)47)30-19-28(13-15-32(30)43(21)37(48)23-8-6-10-25(41)16-23)51-39(50)36(40(3,4)5)35-22(2)44(33-14-12-27(45)18-31(33)35)38(49)24-9-7-11-26(42)17-24/h6-19,36,45H,20H2,1-5H3,(H,46,47). The van der Waals surface area contributed by atoms with Gasteiger partial charge in [0.1, 0.15) is 23.1 Å². The van der Waals surface area contributed by atoms with Gasteiger partial charge in [-0.25, -0.2) is 8.78 Å². The molecule has 0 amide bonds. The number of hydrogen-bond acceptors (Lipinski definition) is 6. The minimum absolute atomic E-state index is 0.0665. The zero-order chi connectivity index (χ0) is 36.9. The molecule has 9 nitrogen and oxygen atoms in total. The number of nitrogens with zero attached hydrogens (tertiary/aromatic N) is 2. The summed E-state index contributed by atoms with van der Waals surface area (Å²) in [5.41, 5.74) is 1.57. The fraction of sp³-hybridized carbons (Fsp3) is 0.200. The van der Waals surface area contributed by atoms with Gasteiger partial charge in [-0.3, -0.25) is 28.3 Å². The molecule has 4 aromatic carbocycles. The lowest BCUT2D eigenvalue weighted by atomic mass is 9.75. The number of phenolic OH excluding ortho intramolecular Hbond substituents is 1. The zero-order valence-corrected chi connectivity index (χ0v) is 28.5. The number of carboxylic acid groups (broad SMARTS) is 1. The molecule has 0 aliphatic carbocycles. The van der Waals surface area contributed by atoms with Crippen LogP contribution in [0.25, 0.3) is 21.8 Å². The number of aliphatic carboxylic acids is 1. The Balaban J connectivity index is 1.46. The van der Waals surface area contributed by atoms with E-state index in [1.807, 2.05) is 20.8 Å². The van der Waals surface area contributed by atoms with E-state index < -0.39 is 53.1 Å². The van der Waals surface area contributed by atoms with Crippen LogP contribution < -0.4 is 4.74 Å². The van der Waals surface area contributed by atoms with E-state index in [9.17, 15) is 38.2 Å². The second kappa shape index (κ2) is 13.0. The van der Waals surface area contributed by atoms with Gasteiger partial charge in [0.25, 0.3) is 11.8 Å². The molecule has 260 valence electrons. The molecule has 0 spiro atoms. The molecule has 0 aliphatic heterocycles. The number of carbonyl (C=O) groups is 4. The summed E-state index contributed by atoms with van der Waals surface area (Å²) >= 11 is 0. The van der Waals surface area contributed by atoms with Crippen molar-refractivity contribution in [3.05, 3.63) is 130 Å². The molecule has 6 rings (SSSR count). The number of aromatic nitrogens is 2. The number of ether oxygens (including phenoxy) is 1. The molecule has 0 saturated heterocycles. The fourth-order valence-electron chi connectivity index (χ4n) is 6.80. The highest BCUT2D eigenvalue weighted by Crippen LogP contribution is 2.44. The first-order valence-electron chi connectivity index (χ1n) is 16.1. The van der Waals surface area contributed by atoms with Gasteiger partial charge in [-0.1, -0.05) is 32.9 Å². The summed E-state index contributed by atoms with van der Waals surface area (Å²) in [6.45, 7) is 8.74. The van der Waals surface area contributed by atoms with Gasteiger partial charge < -0.3 is 14.9 Å². The van der Waals surface area contributed by atoms with Crippen LogP contribution in [0.15, 0.2) is 84.9 Å². The van der Waals surface area contributed by atoms with E-state index in [1.54, 1.807) is 19.9 Å². The molecule has 0 bridgehead atoms. The van der Waals surface area contributed by atoms with Crippen LogP contribution in [0.2, 0.25) is 0 Å². The third kappa shape index (κ3) is 6.38. The van der Waals surface area contributed by atoms with E-state index in [1.165, 1.54) is 75.9 Å². The minimum Gasteiger partial charge on any atom is -0.508 e. The van der Waals surface area contributed by atoms with Crippen LogP contribution >= 0.6 is 0 Å². The van der Waals surface area contributed by atoms with Gasteiger partial charge in [0.05, 0.1) is 23.4 Å². The van der Waals surface area contributed by atoms with Gasteiger partial charge in [0, 0.05) is 33.3 Å². The normalized spacial score (nSPS) is 12.3. The Morgan fingerprint density at radius 3 is 1.84 bits per heavy atom. The smallest absolute Gasteiger partial charge is 0.319 e. The van der Waals surface area contributed by atoms with Crippen molar-refractivity contribution in [2.75, 3.05) is 0 Å². The summed E-state index contributed by atoms with van der Waals surface area (Å²) in [7, 11) is 0. The van der Waals surface area contributed by atoms with Crippen molar-refractivity contribution in [2.24, 2.45) is 5.41 Å². The van der Waals surface area contributed by atoms with Crippen LogP contribution in [0.4, 0.5) is 8.78 Å². The second-order valence-corrected chi connectivity index (χ2v) is 13.5. The average Bonchev–Trinajstić information content (AvgIpc) is 3.48. The first-order valence-corrected chi connectivity index (χ1v) is 16.1. The molecule has 0 fully saturated rings. The maximum atomic E-state index is 14.3. The Kier molecular flexibility index (Phi) is 8.84. The first-order chi connectivity index (χ1) is 24.1. The fourth-order valence-corrected chi connectivity index (χ4v) is 6.80. The maximum absolute atomic E-state index is 14.3. The van der Waals surface area contributed by atoms with E-state index in [2.05, 4.69) is 0 Å². The quantitative estimate of drug-likeness (QED) is 0.128. The minimum atomic E-state index is -1.14. The Hall–Kier alpha value is -6.10. The third-order valence-electron chi connectivity index (χ3n) is 9.03. The summed E-state index contributed by atoms with van der Waals surface area (Å²) in [6.07, 6.45) is -0.435. The van der Waals surface area contributed by atoms with Crippen molar-refractivity contribution in [1.82, 2.24) is 9.13 Å². The lowest BCUT2D eigenvalue weighted by molar-refractivity contribution is -0.139. The first kappa shape index (κ1) is 34.8. The van der Waals surface area contributed by atoms with Crippen molar-refractivity contribution >= 4 is 45.6 Å². The molecule has 2 N–H and O–H groups in total. The summed E-state index contributed by atoms with van der Waals surface area (Å²) in [5.74, 6) is -5.14. The SMILES string of the molecule is Cc1c(CC(=O)O)c2cc(OC(=O)C(c3c(C)n(C(=O)c4cccc(F)c4)c4ccc(O)cc34)C(C)(C)C)ccc2n1C(=O)c1cccc(F)c1. The van der Waals surface area contributed by atoms with E-state index in [0.29, 0.717) is 44.3 Å². The number of carbonyl (C=O) groups excluding carboxylic acids is 3. The molecular formula is C40H34F2N2O7. The van der Waals surface area contributed by atoms with Crippen LogP contribution in [0, 0.1) is 30.9 Å². The van der Waals surface area contributed by atoms with Crippen molar-refractivity contribution in [1.29, 1.82) is 0 Å². The zero-order valence-electron chi connectivity index (χ0n) is 28.5. The molecule has 1 atom stereocenters. The average molecular weight is 693 g/mol. The van der Waals surface area contributed by atoms with Gasteiger partial charge in [0.2, 0.25) is 0 Å². The largest absolute Gasteiger partial charge is 0.508 e. The highest BCUT2D eigenvalue weighted by molar-refractivity contribution is 6.06. The number of aromatic hydroxyl groups is 1. The number of carboxylic acids is 1. The summed E-state index contributed by atoms with van der Waals surface area (Å²) < 4.78 is 36.9. The summed E-state index contributed by atoms with van der Waals surface area (Å²) in [6, 6.07) is 19.4. The van der Waals surface area contributed by atoms with Crippen molar-refractivity contribution in [3.63, 3.8) is 0 Å². The molecule has 0 aliphatic rings. The van der Waals surface area contributed by atoms with E-state index in [4.69, 9.17) is 4.74 Å². The Morgan fingerprint density at radius 2 is 1.29 bits per heavy atom. The van der Waals surface area contributed by atoms with Gasteiger partial charge in [-0.2, -0.15) is 0 Å². The highest BCUT2D eigenvalue weighted by Gasteiger charge is 2.39. The Morgan fingerprint density at radius 1 is 0.745 bits per heavy atom. The second-order valence-electron chi connectivity index (χ2n) is 13.5. The Bertz CT molecular complexity index is 2420. The summed E-state index contributed by atoms with van der Waals surface area (Å²) in [5, 5.41) is 21.0. The van der Waals surface area contributed by atoms with E-state index in [-0.39, 0.29) is 22.6 Å². The number of halogens is 2. The molecule has 51 heavy (non-hydrogen) atoms. The van der Waals surface area contributed by atoms with E-state index in [0.717, 1.165) is 12.1 Å². The van der Waals surface area contributed by atoms with Gasteiger partial charge in [-0.15, -0.1) is 0 Å². The highest BCUT2D eigenvalue weighted by atomic mass is 19.1. The predicted molar refractivity (Wildman–Crippen MR) is 186 cm³/mol. The Labute approximate surface area is 291 Å². The number of fused-ring (bicyclic) bond motifs is 2. The van der Waals surface area contributed by atoms with Crippen molar-refractivity contribution in [3.8, 4) is 11.5 Å². The van der Waals surface area contributed by atoms with Gasteiger partial charge >= 0.3 is 11.9 Å². The molecule has 0 saturated carbocycles. The van der Waals surface area contributed by atoms with Crippen LogP contribution in [0.5, 0.6) is 11.5 Å². The molecule has 6 aromatic rings. The van der Waals surface area contributed by atoms with E-state index >= 15 is 0 Å². The molecule has 0 radical (unpaired) electrons. The number of hydrogen-bond donors (Lipinski definition) is 2. The molecule has 2 heterocycles. The summed E-state index contributed by atoms with van der Waals surface area (Å²) in [4.78, 5) is 53.6. The molecule has 1 unspecified atom stereocenters. The monoisotopic (exact) mass is 692 g/mol. The molecule has 2 aromatic heterocycles. The van der Waals surface area contributed by atoms with Gasteiger partial charge in [-0.05, 0) is 103 Å². The number of rotatable bonds is 7. The molecular weight excluding hydrogens is 658 g/mol. The number of esters is 1. The number of phenols is 1.